The molecule has 11 heavy (non-hydrogen) atoms. The highest BCUT2D eigenvalue weighted by Crippen LogP contribution is 2.00. The minimum absolute atomic E-state index is 0.140. The van der Waals surface area contributed by atoms with Gasteiger partial charge in [-0.1, -0.05) is 0 Å². The maximum atomic E-state index is 8.78. The average Bonchev–Trinajstić information content (AvgIpc) is 1.85. The number of allylic oxidation sites excluding steroid dienone is 1. The van der Waals surface area contributed by atoms with Gasteiger partial charge in [0.05, 0.1) is 12.4 Å². The number of ether oxygens (including phenoxy) is 1. The zero-order chi connectivity index (χ0) is 8.69. The Balaban J connectivity index is 3.17. The third kappa shape index (κ3) is 9.79. The van der Waals surface area contributed by atoms with Crippen molar-refractivity contribution in [2.45, 2.75) is 31.7 Å². The topological polar surface area (TPSA) is 29.5 Å². The van der Waals surface area contributed by atoms with Crippen molar-refractivity contribution in [3.8, 4) is 0 Å². The van der Waals surface area contributed by atoms with Gasteiger partial charge in [0.25, 0.3) is 0 Å². The molecule has 0 aliphatic heterocycles. The lowest BCUT2D eigenvalue weighted by Crippen LogP contribution is -2.07. The summed E-state index contributed by atoms with van der Waals surface area (Å²) in [5.74, 6) is 0. The fourth-order valence-electron chi connectivity index (χ4n) is 0.506. The Morgan fingerprint density at radius 2 is 2.18 bits per heavy atom. The Labute approximate surface area is 72.8 Å². The van der Waals surface area contributed by atoms with Crippen molar-refractivity contribution in [2.24, 2.45) is 0 Å². The first kappa shape index (κ1) is 10.8. The van der Waals surface area contributed by atoms with Gasteiger partial charge in [0.15, 0.2) is 0 Å². The fraction of sp³-hybridized carbons (Fsp3) is 0.750. The number of alkyl halides is 1. The number of hydrogen-bond donors (Lipinski definition) is 1. The quantitative estimate of drug-likeness (QED) is 0.515. The molecular formula is C8H15ClO2. The second kappa shape index (κ2) is 6.50. The van der Waals surface area contributed by atoms with E-state index in [1.165, 1.54) is 0 Å². The minimum atomic E-state index is -0.409. The van der Waals surface area contributed by atoms with E-state index in [2.05, 4.69) is 0 Å². The SMILES string of the molecule is CC(O)COC=CCC(C)Cl. The van der Waals surface area contributed by atoms with Crippen molar-refractivity contribution in [3.05, 3.63) is 12.3 Å². The van der Waals surface area contributed by atoms with E-state index in [-0.39, 0.29) is 5.38 Å². The zero-order valence-electron chi connectivity index (χ0n) is 6.96. The molecule has 2 unspecified atom stereocenters. The first-order chi connectivity index (χ1) is 5.13. The van der Waals surface area contributed by atoms with E-state index in [1.54, 1.807) is 13.2 Å². The predicted octanol–water partition coefficient (Wildman–Crippen LogP) is 1.91. The van der Waals surface area contributed by atoms with E-state index < -0.39 is 6.10 Å². The van der Waals surface area contributed by atoms with E-state index >= 15 is 0 Å². The van der Waals surface area contributed by atoms with Gasteiger partial charge in [-0.05, 0) is 26.3 Å². The molecule has 0 rings (SSSR count). The number of rotatable bonds is 5. The van der Waals surface area contributed by atoms with Crippen molar-refractivity contribution in [2.75, 3.05) is 6.61 Å². The molecule has 66 valence electrons. The minimum Gasteiger partial charge on any atom is -0.499 e. The molecule has 1 N–H and O–H groups in total. The second-order valence-electron chi connectivity index (χ2n) is 2.57. The Morgan fingerprint density at radius 1 is 1.55 bits per heavy atom. The maximum Gasteiger partial charge on any atom is 0.113 e. The van der Waals surface area contributed by atoms with E-state index in [0.29, 0.717) is 6.61 Å². The van der Waals surface area contributed by atoms with Gasteiger partial charge in [0.1, 0.15) is 6.61 Å². The highest BCUT2D eigenvalue weighted by atomic mass is 35.5. The van der Waals surface area contributed by atoms with Crippen molar-refractivity contribution in [3.63, 3.8) is 0 Å². The molecule has 0 saturated carbocycles. The summed E-state index contributed by atoms with van der Waals surface area (Å²) in [5.41, 5.74) is 0. The van der Waals surface area contributed by atoms with Crippen LogP contribution >= 0.6 is 11.6 Å². The summed E-state index contributed by atoms with van der Waals surface area (Å²) in [7, 11) is 0. The van der Waals surface area contributed by atoms with Crippen molar-refractivity contribution in [1.82, 2.24) is 0 Å². The number of hydrogen-bond acceptors (Lipinski definition) is 2. The first-order valence-corrected chi connectivity index (χ1v) is 4.15. The lowest BCUT2D eigenvalue weighted by Gasteiger charge is -2.02. The van der Waals surface area contributed by atoms with Gasteiger partial charge < -0.3 is 9.84 Å². The van der Waals surface area contributed by atoms with Crippen LogP contribution in [-0.2, 0) is 4.74 Å². The Bertz CT molecular complexity index is 111. The summed E-state index contributed by atoms with van der Waals surface area (Å²) in [5, 5.41) is 8.92. The first-order valence-electron chi connectivity index (χ1n) is 3.71. The molecule has 0 aromatic carbocycles. The van der Waals surface area contributed by atoms with E-state index in [9.17, 15) is 0 Å². The summed E-state index contributed by atoms with van der Waals surface area (Å²) >= 11 is 5.66. The number of aliphatic hydroxyl groups excluding tert-OH is 1. The van der Waals surface area contributed by atoms with Crippen molar-refractivity contribution < 1.29 is 9.84 Å². The van der Waals surface area contributed by atoms with Crippen LogP contribution in [0.4, 0.5) is 0 Å². The second-order valence-corrected chi connectivity index (χ2v) is 3.32. The Morgan fingerprint density at radius 3 is 2.64 bits per heavy atom. The largest absolute Gasteiger partial charge is 0.499 e. The number of halogens is 1. The highest BCUT2D eigenvalue weighted by molar-refractivity contribution is 6.20. The molecule has 0 aliphatic rings. The van der Waals surface area contributed by atoms with Crippen LogP contribution in [-0.4, -0.2) is 23.2 Å². The van der Waals surface area contributed by atoms with Gasteiger partial charge in [-0.3, -0.25) is 0 Å². The highest BCUT2D eigenvalue weighted by Gasteiger charge is 1.92. The van der Waals surface area contributed by atoms with Crippen molar-refractivity contribution in [1.29, 1.82) is 0 Å². The Hall–Kier alpha value is -0.210. The molecule has 0 amide bonds. The van der Waals surface area contributed by atoms with Crippen LogP contribution in [0.2, 0.25) is 0 Å². The van der Waals surface area contributed by atoms with Crippen LogP contribution in [0.5, 0.6) is 0 Å². The normalized spacial score (nSPS) is 16.7. The Kier molecular flexibility index (Phi) is 6.37. The third-order valence-electron chi connectivity index (χ3n) is 0.991. The molecule has 3 heteroatoms. The summed E-state index contributed by atoms with van der Waals surface area (Å²) in [4.78, 5) is 0. The smallest absolute Gasteiger partial charge is 0.113 e. The molecule has 0 fully saturated rings. The van der Waals surface area contributed by atoms with E-state index in [4.69, 9.17) is 21.4 Å². The molecule has 2 atom stereocenters. The molecule has 0 aromatic rings. The summed E-state index contributed by atoms with van der Waals surface area (Å²) < 4.78 is 4.96. The lowest BCUT2D eigenvalue weighted by molar-refractivity contribution is 0.0973. The molecule has 2 nitrogen and oxygen atoms in total. The van der Waals surface area contributed by atoms with Gasteiger partial charge in [-0.25, -0.2) is 0 Å². The average molecular weight is 179 g/mol. The van der Waals surface area contributed by atoms with Gasteiger partial charge in [0, 0.05) is 5.38 Å². The standard InChI is InChI=1S/C8H15ClO2/c1-7(9)4-3-5-11-6-8(2)10/h3,5,7-8,10H,4,6H2,1-2H3. The lowest BCUT2D eigenvalue weighted by atomic mass is 10.3. The summed E-state index contributed by atoms with van der Waals surface area (Å²) in [6.45, 7) is 3.94. The summed E-state index contributed by atoms with van der Waals surface area (Å²) in [6, 6.07) is 0. The molecule has 0 heterocycles. The molecular weight excluding hydrogens is 164 g/mol. The van der Waals surface area contributed by atoms with Gasteiger partial charge >= 0.3 is 0 Å². The molecule has 0 bridgehead atoms. The van der Waals surface area contributed by atoms with Crippen LogP contribution < -0.4 is 0 Å². The summed E-state index contributed by atoms with van der Waals surface area (Å²) in [6.07, 6.45) is 3.81. The van der Waals surface area contributed by atoms with Crippen LogP contribution in [0.25, 0.3) is 0 Å². The van der Waals surface area contributed by atoms with Gasteiger partial charge in [-0.15, -0.1) is 11.6 Å². The van der Waals surface area contributed by atoms with Crippen LogP contribution in [0, 0.1) is 0 Å². The zero-order valence-corrected chi connectivity index (χ0v) is 7.71. The maximum absolute atomic E-state index is 8.78. The van der Waals surface area contributed by atoms with Crippen LogP contribution in [0.15, 0.2) is 12.3 Å². The van der Waals surface area contributed by atoms with E-state index in [1.807, 2.05) is 13.0 Å². The predicted molar refractivity (Wildman–Crippen MR) is 46.7 cm³/mol. The fourth-order valence-corrected chi connectivity index (χ4v) is 0.609. The molecule has 0 aromatic heterocycles. The van der Waals surface area contributed by atoms with Crippen LogP contribution in [0.3, 0.4) is 0 Å². The van der Waals surface area contributed by atoms with Gasteiger partial charge in [0.2, 0.25) is 0 Å². The number of aliphatic hydroxyl groups is 1. The van der Waals surface area contributed by atoms with E-state index in [0.717, 1.165) is 6.42 Å². The van der Waals surface area contributed by atoms with Gasteiger partial charge in [-0.2, -0.15) is 0 Å². The molecule has 0 aliphatic carbocycles. The van der Waals surface area contributed by atoms with Crippen molar-refractivity contribution >= 4 is 11.6 Å². The molecule has 0 radical (unpaired) electrons. The third-order valence-corrected chi connectivity index (χ3v) is 1.17. The molecule has 0 spiro atoms. The van der Waals surface area contributed by atoms with Crippen LogP contribution in [0.1, 0.15) is 20.3 Å². The molecule has 0 saturated heterocycles. The monoisotopic (exact) mass is 178 g/mol.